The van der Waals surface area contributed by atoms with Crippen molar-refractivity contribution >= 4 is 33.5 Å². The second-order valence-electron chi connectivity index (χ2n) is 8.68. The van der Waals surface area contributed by atoms with E-state index in [2.05, 4.69) is 14.7 Å². The number of amides is 1. The Morgan fingerprint density at radius 1 is 1.00 bits per heavy atom. The zero-order valence-corrected chi connectivity index (χ0v) is 22.5. The molecule has 0 aliphatic carbocycles. The lowest BCUT2D eigenvalue weighted by Gasteiger charge is -2.19. The van der Waals surface area contributed by atoms with Gasteiger partial charge in [-0.1, -0.05) is 59.6 Å². The number of anilines is 1. The number of halogens is 1. The predicted molar refractivity (Wildman–Crippen MR) is 147 cm³/mol. The SMILES string of the molecule is Cc1ccc(S(=O)(=O)NC(=O)c2cnc(N(C)CCc3ccccc3)nc2COc2ccc(Cl)cc2)cc1. The first-order valence-electron chi connectivity index (χ1n) is 11.8. The third-order valence-corrected chi connectivity index (χ3v) is 7.37. The van der Waals surface area contributed by atoms with Crippen LogP contribution in [-0.2, 0) is 23.1 Å². The van der Waals surface area contributed by atoms with E-state index in [0.29, 0.717) is 23.3 Å². The number of rotatable bonds is 10. The predicted octanol–water partition coefficient (Wildman–Crippen LogP) is 4.82. The number of hydrogen-bond donors (Lipinski definition) is 1. The van der Waals surface area contributed by atoms with E-state index in [0.717, 1.165) is 12.0 Å². The Morgan fingerprint density at radius 2 is 1.68 bits per heavy atom. The van der Waals surface area contributed by atoms with Crippen LogP contribution in [0, 0.1) is 6.92 Å². The summed E-state index contributed by atoms with van der Waals surface area (Å²) in [7, 11) is -2.25. The van der Waals surface area contributed by atoms with Gasteiger partial charge in [-0.2, -0.15) is 0 Å². The van der Waals surface area contributed by atoms with Gasteiger partial charge in [0.25, 0.3) is 15.9 Å². The second kappa shape index (κ2) is 12.1. The maximum absolute atomic E-state index is 13.1. The van der Waals surface area contributed by atoms with Crippen LogP contribution in [0.25, 0.3) is 0 Å². The number of sulfonamides is 1. The highest BCUT2D eigenvalue weighted by Crippen LogP contribution is 2.19. The molecule has 0 aliphatic rings. The van der Waals surface area contributed by atoms with Crippen molar-refractivity contribution in [3.63, 3.8) is 0 Å². The molecule has 0 unspecified atom stereocenters. The summed E-state index contributed by atoms with van der Waals surface area (Å²) in [6.07, 6.45) is 2.09. The number of nitrogens with zero attached hydrogens (tertiary/aromatic N) is 3. The highest BCUT2D eigenvalue weighted by Gasteiger charge is 2.23. The largest absolute Gasteiger partial charge is 0.487 e. The molecule has 4 rings (SSSR count). The topological polar surface area (TPSA) is 101 Å². The molecule has 1 N–H and O–H groups in total. The second-order valence-corrected chi connectivity index (χ2v) is 10.8. The number of benzene rings is 3. The first kappa shape index (κ1) is 27.1. The van der Waals surface area contributed by atoms with Crippen molar-refractivity contribution < 1.29 is 17.9 Å². The summed E-state index contributed by atoms with van der Waals surface area (Å²) < 4.78 is 33.6. The molecule has 10 heteroatoms. The van der Waals surface area contributed by atoms with Gasteiger partial charge < -0.3 is 9.64 Å². The molecule has 1 heterocycles. The van der Waals surface area contributed by atoms with Crippen molar-refractivity contribution in [1.29, 1.82) is 0 Å². The average Bonchev–Trinajstić information content (AvgIpc) is 2.92. The molecule has 0 aliphatic heterocycles. The van der Waals surface area contributed by atoms with E-state index in [1.165, 1.54) is 23.9 Å². The molecule has 0 fully saturated rings. The Morgan fingerprint density at radius 3 is 2.37 bits per heavy atom. The molecule has 1 aromatic heterocycles. The lowest BCUT2D eigenvalue weighted by molar-refractivity contribution is 0.0978. The van der Waals surface area contributed by atoms with E-state index in [9.17, 15) is 13.2 Å². The normalized spacial score (nSPS) is 11.1. The molecule has 1 amide bonds. The van der Waals surface area contributed by atoms with Crippen molar-refractivity contribution in [2.75, 3.05) is 18.5 Å². The van der Waals surface area contributed by atoms with Gasteiger partial charge in [0.05, 0.1) is 16.2 Å². The van der Waals surface area contributed by atoms with Gasteiger partial charge in [0.2, 0.25) is 5.95 Å². The van der Waals surface area contributed by atoms with Crippen LogP contribution < -0.4 is 14.4 Å². The van der Waals surface area contributed by atoms with Gasteiger partial charge in [0.15, 0.2) is 0 Å². The number of hydrogen-bond acceptors (Lipinski definition) is 7. The minimum absolute atomic E-state index is 0.00476. The van der Waals surface area contributed by atoms with E-state index in [1.54, 1.807) is 36.4 Å². The fourth-order valence-corrected chi connectivity index (χ4v) is 4.66. The molecule has 0 saturated heterocycles. The Balaban J connectivity index is 1.57. The summed E-state index contributed by atoms with van der Waals surface area (Å²) in [5.41, 5.74) is 2.31. The quantitative estimate of drug-likeness (QED) is 0.302. The summed E-state index contributed by atoms with van der Waals surface area (Å²) >= 11 is 5.95. The molecular weight excluding hydrogens is 524 g/mol. The maximum Gasteiger partial charge on any atom is 0.268 e. The Hall–Kier alpha value is -3.95. The fourth-order valence-electron chi connectivity index (χ4n) is 3.57. The number of aryl methyl sites for hydroxylation is 1. The van der Waals surface area contributed by atoms with Gasteiger partial charge in [-0.15, -0.1) is 0 Å². The van der Waals surface area contributed by atoms with Crippen LogP contribution >= 0.6 is 11.6 Å². The fraction of sp³-hybridized carbons (Fsp3) is 0.179. The van der Waals surface area contributed by atoms with Crippen molar-refractivity contribution in [2.24, 2.45) is 0 Å². The molecule has 0 bridgehead atoms. The summed E-state index contributed by atoms with van der Waals surface area (Å²) in [4.78, 5) is 23.9. The number of nitrogens with one attached hydrogen (secondary N) is 1. The molecular formula is C28H27ClN4O4S. The Labute approximate surface area is 227 Å². The molecule has 8 nitrogen and oxygen atoms in total. The molecule has 38 heavy (non-hydrogen) atoms. The van der Waals surface area contributed by atoms with Gasteiger partial charge in [0.1, 0.15) is 12.4 Å². The molecule has 0 spiro atoms. The van der Waals surface area contributed by atoms with E-state index < -0.39 is 15.9 Å². The smallest absolute Gasteiger partial charge is 0.268 e. The van der Waals surface area contributed by atoms with E-state index in [-0.39, 0.29) is 22.8 Å². The third kappa shape index (κ3) is 7.08. The molecule has 0 saturated carbocycles. The van der Waals surface area contributed by atoms with Gasteiger partial charge in [-0.05, 0) is 55.3 Å². The lowest BCUT2D eigenvalue weighted by atomic mass is 10.1. The van der Waals surface area contributed by atoms with Gasteiger partial charge in [-0.3, -0.25) is 4.79 Å². The maximum atomic E-state index is 13.1. The number of aromatic nitrogens is 2. The van der Waals surface area contributed by atoms with Crippen LogP contribution in [0.15, 0.2) is 90.0 Å². The van der Waals surface area contributed by atoms with Gasteiger partial charge in [0, 0.05) is 24.8 Å². The third-order valence-electron chi connectivity index (χ3n) is 5.77. The lowest BCUT2D eigenvalue weighted by Crippen LogP contribution is -2.32. The number of ether oxygens (including phenoxy) is 1. The van der Waals surface area contributed by atoms with Crippen molar-refractivity contribution in [3.05, 3.63) is 112 Å². The minimum atomic E-state index is -4.10. The van der Waals surface area contributed by atoms with Crippen molar-refractivity contribution in [2.45, 2.75) is 24.8 Å². The standard InChI is InChI=1S/C28H27ClN4O4S/c1-20-8-14-24(15-9-20)38(35,36)32-27(34)25-18-30-28(33(2)17-16-21-6-4-3-5-7-21)31-26(25)19-37-23-12-10-22(29)11-13-23/h3-15,18H,16-17,19H2,1-2H3,(H,32,34). The number of carbonyl (C=O) groups excluding carboxylic acids is 1. The van der Waals surface area contributed by atoms with Crippen LogP contribution in [0.1, 0.15) is 27.2 Å². The Bertz CT molecular complexity index is 1500. The Kier molecular flexibility index (Phi) is 8.60. The first-order chi connectivity index (χ1) is 18.2. The summed E-state index contributed by atoms with van der Waals surface area (Å²) in [5.74, 6) is 0.0537. The van der Waals surface area contributed by atoms with Gasteiger partial charge in [-0.25, -0.2) is 23.1 Å². The van der Waals surface area contributed by atoms with Crippen LogP contribution in [0.5, 0.6) is 5.75 Å². The minimum Gasteiger partial charge on any atom is -0.487 e. The summed E-state index contributed by atoms with van der Waals surface area (Å²) in [6, 6.07) is 23.0. The highest BCUT2D eigenvalue weighted by atomic mass is 35.5. The van der Waals surface area contributed by atoms with Crippen LogP contribution in [0.3, 0.4) is 0 Å². The highest BCUT2D eigenvalue weighted by molar-refractivity contribution is 7.90. The molecule has 4 aromatic rings. The number of likely N-dealkylation sites (N-methyl/N-ethyl adjacent to an activating group) is 1. The monoisotopic (exact) mass is 550 g/mol. The van der Waals surface area contributed by atoms with E-state index >= 15 is 0 Å². The van der Waals surface area contributed by atoms with Gasteiger partial charge >= 0.3 is 0 Å². The van der Waals surface area contributed by atoms with E-state index in [4.69, 9.17) is 16.3 Å². The zero-order valence-electron chi connectivity index (χ0n) is 21.0. The molecule has 196 valence electrons. The van der Waals surface area contributed by atoms with Crippen molar-refractivity contribution in [3.8, 4) is 5.75 Å². The van der Waals surface area contributed by atoms with Crippen LogP contribution in [0.2, 0.25) is 5.02 Å². The first-order valence-corrected chi connectivity index (χ1v) is 13.7. The zero-order chi connectivity index (χ0) is 27.1. The molecule has 0 radical (unpaired) electrons. The van der Waals surface area contributed by atoms with Crippen molar-refractivity contribution in [1.82, 2.24) is 14.7 Å². The summed E-state index contributed by atoms with van der Waals surface area (Å²) in [5, 5.41) is 0.558. The number of carbonyl (C=O) groups is 1. The molecule has 3 aromatic carbocycles. The van der Waals surface area contributed by atoms with Crippen LogP contribution in [0.4, 0.5) is 5.95 Å². The molecule has 0 atom stereocenters. The summed E-state index contributed by atoms with van der Waals surface area (Å²) in [6.45, 7) is 2.39. The average molecular weight is 551 g/mol. The van der Waals surface area contributed by atoms with Crippen LogP contribution in [-0.4, -0.2) is 37.9 Å². The van der Waals surface area contributed by atoms with E-state index in [1.807, 2.05) is 49.2 Å².